The molecule has 0 spiro atoms. The van der Waals surface area contributed by atoms with E-state index in [9.17, 15) is 17.6 Å². The molecule has 0 saturated carbocycles. The third kappa shape index (κ3) is 1.74. The molecule has 0 radical (unpaired) electrons. The van der Waals surface area contributed by atoms with Gasteiger partial charge in [0.05, 0.1) is 5.56 Å². The fraction of sp³-hybridized carbons (Fsp3) is 0.250. The highest BCUT2D eigenvalue weighted by Gasteiger charge is 2.34. The van der Waals surface area contributed by atoms with Gasteiger partial charge < -0.3 is 5.11 Å². The molecule has 0 fully saturated rings. The predicted molar refractivity (Wildman–Crippen MR) is 37.8 cm³/mol. The van der Waals surface area contributed by atoms with Crippen LogP contribution >= 0.6 is 0 Å². The highest BCUT2D eigenvalue weighted by Crippen LogP contribution is 2.37. The number of halogens is 4. The Morgan fingerprint density at radius 1 is 1.23 bits per heavy atom. The van der Waals surface area contributed by atoms with Crippen LogP contribution in [0.2, 0.25) is 0 Å². The fourth-order valence-electron chi connectivity index (χ4n) is 0.904. The van der Waals surface area contributed by atoms with Crippen LogP contribution in [0.3, 0.4) is 0 Å². The van der Waals surface area contributed by atoms with Crippen LogP contribution in [0.1, 0.15) is 11.1 Å². The summed E-state index contributed by atoms with van der Waals surface area (Å²) in [6.07, 6.45) is -4.65. The predicted octanol–water partition coefficient (Wildman–Crippen LogP) is 2.86. The van der Waals surface area contributed by atoms with Crippen molar-refractivity contribution in [3.8, 4) is 5.75 Å². The van der Waals surface area contributed by atoms with Gasteiger partial charge in [0.15, 0.2) is 0 Å². The van der Waals surface area contributed by atoms with Crippen LogP contribution in [0, 0.1) is 12.7 Å². The Kier molecular flexibility index (Phi) is 2.19. The average Bonchev–Trinajstić information content (AvgIpc) is 1.98. The van der Waals surface area contributed by atoms with E-state index in [1.54, 1.807) is 0 Å². The van der Waals surface area contributed by atoms with E-state index in [2.05, 4.69) is 0 Å². The molecule has 1 aromatic rings. The van der Waals surface area contributed by atoms with Gasteiger partial charge in [-0.1, -0.05) is 0 Å². The second-order valence-electron chi connectivity index (χ2n) is 2.57. The molecular weight excluding hydrogens is 188 g/mol. The van der Waals surface area contributed by atoms with Crippen LogP contribution in [-0.4, -0.2) is 5.11 Å². The molecule has 0 amide bonds. The van der Waals surface area contributed by atoms with Gasteiger partial charge in [0.1, 0.15) is 11.6 Å². The zero-order valence-corrected chi connectivity index (χ0v) is 6.61. The van der Waals surface area contributed by atoms with Gasteiger partial charge in [-0.15, -0.1) is 0 Å². The molecule has 0 aliphatic heterocycles. The molecule has 0 aliphatic rings. The first-order chi connectivity index (χ1) is 5.84. The van der Waals surface area contributed by atoms with Crippen molar-refractivity contribution in [1.29, 1.82) is 0 Å². The van der Waals surface area contributed by atoms with Crippen molar-refractivity contribution in [2.75, 3.05) is 0 Å². The molecule has 13 heavy (non-hydrogen) atoms. The standard InChI is InChI=1S/C8H6F4O/c1-4-6(9)3-2-5(7(4)13)8(10,11)12/h2-3,13H,1H3. The Hall–Kier alpha value is -1.26. The van der Waals surface area contributed by atoms with Gasteiger partial charge in [-0.25, -0.2) is 4.39 Å². The van der Waals surface area contributed by atoms with E-state index in [4.69, 9.17) is 5.11 Å². The smallest absolute Gasteiger partial charge is 0.419 e. The number of aromatic hydroxyl groups is 1. The second kappa shape index (κ2) is 2.90. The summed E-state index contributed by atoms with van der Waals surface area (Å²) in [6, 6.07) is 1.19. The maximum atomic E-state index is 12.6. The third-order valence-electron chi connectivity index (χ3n) is 1.67. The number of rotatable bonds is 0. The Labute approximate surface area is 71.6 Å². The van der Waals surface area contributed by atoms with Gasteiger partial charge in [-0.05, 0) is 19.1 Å². The minimum atomic E-state index is -4.65. The van der Waals surface area contributed by atoms with E-state index >= 15 is 0 Å². The number of phenolic OH excluding ortho intramolecular Hbond substituents is 1. The highest BCUT2D eigenvalue weighted by atomic mass is 19.4. The summed E-state index contributed by atoms with van der Waals surface area (Å²) in [5.41, 5.74) is -1.61. The van der Waals surface area contributed by atoms with Gasteiger partial charge >= 0.3 is 6.18 Å². The molecule has 0 aromatic heterocycles. The summed E-state index contributed by atoms with van der Waals surface area (Å²) in [5.74, 6) is -1.90. The van der Waals surface area contributed by atoms with E-state index in [1.807, 2.05) is 0 Å². The monoisotopic (exact) mass is 194 g/mol. The quantitative estimate of drug-likeness (QED) is 0.629. The van der Waals surface area contributed by atoms with E-state index in [0.29, 0.717) is 12.1 Å². The normalized spacial score (nSPS) is 11.8. The minimum absolute atomic E-state index is 0.394. The largest absolute Gasteiger partial charge is 0.507 e. The second-order valence-corrected chi connectivity index (χ2v) is 2.57. The first-order valence-corrected chi connectivity index (χ1v) is 3.39. The summed E-state index contributed by atoms with van der Waals surface area (Å²) in [6.45, 7) is 1.08. The number of benzene rings is 1. The maximum Gasteiger partial charge on any atom is 0.419 e. The lowest BCUT2D eigenvalue weighted by Crippen LogP contribution is -2.06. The molecular formula is C8H6F4O. The van der Waals surface area contributed by atoms with Crippen molar-refractivity contribution in [2.45, 2.75) is 13.1 Å². The number of hydrogen-bond acceptors (Lipinski definition) is 1. The van der Waals surface area contributed by atoms with Crippen molar-refractivity contribution in [3.63, 3.8) is 0 Å². The lowest BCUT2D eigenvalue weighted by atomic mass is 10.1. The van der Waals surface area contributed by atoms with Gasteiger partial charge in [-0.3, -0.25) is 0 Å². The van der Waals surface area contributed by atoms with E-state index in [-0.39, 0.29) is 0 Å². The Morgan fingerprint density at radius 2 is 1.77 bits per heavy atom. The third-order valence-corrected chi connectivity index (χ3v) is 1.67. The first kappa shape index (κ1) is 9.83. The topological polar surface area (TPSA) is 20.2 Å². The number of alkyl halides is 3. The maximum absolute atomic E-state index is 12.6. The van der Waals surface area contributed by atoms with Crippen LogP contribution in [0.15, 0.2) is 12.1 Å². The average molecular weight is 194 g/mol. The Morgan fingerprint density at radius 3 is 2.23 bits per heavy atom. The lowest BCUT2D eigenvalue weighted by Gasteiger charge is -2.10. The minimum Gasteiger partial charge on any atom is -0.507 e. The molecule has 1 aromatic carbocycles. The lowest BCUT2D eigenvalue weighted by molar-refractivity contribution is -0.138. The van der Waals surface area contributed by atoms with E-state index in [1.165, 1.54) is 0 Å². The molecule has 0 unspecified atom stereocenters. The Bertz CT molecular complexity index is 330. The fourth-order valence-corrected chi connectivity index (χ4v) is 0.904. The van der Waals surface area contributed by atoms with Gasteiger partial charge in [-0.2, -0.15) is 13.2 Å². The number of phenols is 1. The molecule has 0 heterocycles. The zero-order valence-electron chi connectivity index (χ0n) is 6.61. The number of hydrogen-bond donors (Lipinski definition) is 1. The molecule has 0 bridgehead atoms. The van der Waals surface area contributed by atoms with Crippen molar-refractivity contribution in [2.24, 2.45) is 0 Å². The van der Waals surface area contributed by atoms with Crippen molar-refractivity contribution in [3.05, 3.63) is 29.1 Å². The van der Waals surface area contributed by atoms with Crippen LogP contribution < -0.4 is 0 Å². The van der Waals surface area contributed by atoms with Crippen molar-refractivity contribution < 1.29 is 22.7 Å². The summed E-state index contributed by atoms with van der Waals surface area (Å²) in [4.78, 5) is 0. The molecule has 0 saturated heterocycles. The van der Waals surface area contributed by atoms with E-state index < -0.39 is 28.9 Å². The van der Waals surface area contributed by atoms with Crippen molar-refractivity contribution >= 4 is 0 Å². The first-order valence-electron chi connectivity index (χ1n) is 3.39. The molecule has 1 N–H and O–H groups in total. The van der Waals surface area contributed by atoms with Crippen LogP contribution in [-0.2, 0) is 6.18 Å². The van der Waals surface area contributed by atoms with Crippen molar-refractivity contribution in [1.82, 2.24) is 0 Å². The molecule has 0 aliphatic carbocycles. The van der Waals surface area contributed by atoms with Gasteiger partial charge in [0, 0.05) is 5.56 Å². The van der Waals surface area contributed by atoms with Gasteiger partial charge in [0.25, 0.3) is 0 Å². The summed E-state index contributed by atoms with van der Waals surface area (Å²) < 4.78 is 48.9. The van der Waals surface area contributed by atoms with Gasteiger partial charge in [0.2, 0.25) is 0 Å². The van der Waals surface area contributed by atoms with E-state index in [0.717, 1.165) is 6.92 Å². The van der Waals surface area contributed by atoms with Crippen LogP contribution in [0.4, 0.5) is 17.6 Å². The summed E-state index contributed by atoms with van der Waals surface area (Å²) in [7, 11) is 0. The Balaban J connectivity index is 3.35. The van der Waals surface area contributed by atoms with Crippen LogP contribution in [0.25, 0.3) is 0 Å². The molecule has 72 valence electrons. The molecule has 1 nitrogen and oxygen atoms in total. The van der Waals surface area contributed by atoms with Crippen LogP contribution in [0.5, 0.6) is 5.75 Å². The molecule has 1 rings (SSSR count). The summed E-state index contributed by atoms with van der Waals surface area (Å²) >= 11 is 0. The summed E-state index contributed by atoms with van der Waals surface area (Å²) in [5, 5.41) is 8.95. The zero-order chi connectivity index (χ0) is 10.2. The molecule has 0 atom stereocenters. The SMILES string of the molecule is Cc1c(F)ccc(C(F)(F)F)c1O. The molecule has 5 heteroatoms. The highest BCUT2D eigenvalue weighted by molar-refractivity contribution is 5.41.